The molecule has 1 saturated heterocycles. The minimum absolute atomic E-state index is 0.0547. The summed E-state index contributed by atoms with van der Waals surface area (Å²) in [6.45, 7) is 1.52. The lowest BCUT2D eigenvalue weighted by atomic mass is 9.92. The van der Waals surface area contributed by atoms with Crippen molar-refractivity contribution < 1.29 is 19.1 Å². The number of carbonyl (C=O) groups is 2. The van der Waals surface area contributed by atoms with Crippen LogP contribution in [0.5, 0.6) is 0 Å². The van der Waals surface area contributed by atoms with E-state index in [2.05, 4.69) is 15.0 Å². The van der Waals surface area contributed by atoms with Gasteiger partial charge in [-0.05, 0) is 19.3 Å². The van der Waals surface area contributed by atoms with Crippen molar-refractivity contribution in [2.45, 2.75) is 44.2 Å². The molecule has 2 rings (SSSR count). The minimum Gasteiger partial charge on any atom is -0.469 e. The van der Waals surface area contributed by atoms with Gasteiger partial charge in [0.05, 0.1) is 20.1 Å². The zero-order valence-electron chi connectivity index (χ0n) is 12.3. The van der Waals surface area contributed by atoms with Crippen molar-refractivity contribution in [3.63, 3.8) is 0 Å². The highest BCUT2D eigenvalue weighted by Gasteiger charge is 2.36. The Labute approximate surface area is 119 Å². The fourth-order valence-corrected chi connectivity index (χ4v) is 3.37. The first-order valence-electron chi connectivity index (χ1n) is 7.30. The second kappa shape index (κ2) is 6.92. The summed E-state index contributed by atoms with van der Waals surface area (Å²) in [6.07, 6.45) is 5.04. The molecule has 1 heterocycles. The van der Waals surface area contributed by atoms with E-state index in [1.807, 2.05) is 0 Å². The lowest BCUT2D eigenvalue weighted by molar-refractivity contribution is -0.148. The Bertz CT molecular complexity index is 355. The fourth-order valence-electron chi connectivity index (χ4n) is 3.37. The Balaban J connectivity index is 2.01. The molecule has 1 saturated carbocycles. The van der Waals surface area contributed by atoms with E-state index in [9.17, 15) is 9.59 Å². The van der Waals surface area contributed by atoms with Crippen molar-refractivity contribution in [2.75, 3.05) is 27.3 Å². The largest absolute Gasteiger partial charge is 0.469 e. The number of carbonyl (C=O) groups excluding carboxylic acids is 2. The van der Waals surface area contributed by atoms with E-state index in [1.54, 1.807) is 0 Å². The van der Waals surface area contributed by atoms with Crippen LogP contribution in [0.25, 0.3) is 0 Å². The molecule has 20 heavy (non-hydrogen) atoms. The number of likely N-dealkylation sites (tertiary alicyclic amines) is 1. The van der Waals surface area contributed by atoms with Gasteiger partial charge >= 0.3 is 12.1 Å². The van der Waals surface area contributed by atoms with Crippen LogP contribution in [0, 0.1) is 5.92 Å². The molecule has 0 aromatic carbocycles. The molecule has 6 nitrogen and oxygen atoms in total. The van der Waals surface area contributed by atoms with Gasteiger partial charge in [0.1, 0.15) is 0 Å². The van der Waals surface area contributed by atoms with Crippen LogP contribution in [-0.4, -0.2) is 56.4 Å². The standard InChI is InChI=1S/C14H24N2O4/c1-19-13(17)10-7-11(15-14(18)20-2)9-16(8-10)12-5-3-4-6-12/h10-12H,3-9H2,1-2H3,(H,15,18). The molecule has 2 fully saturated rings. The predicted molar refractivity (Wildman–Crippen MR) is 73.3 cm³/mol. The van der Waals surface area contributed by atoms with Gasteiger partial charge in [0, 0.05) is 25.2 Å². The SMILES string of the molecule is COC(=O)NC1CC(C(=O)OC)CN(C2CCCC2)C1. The van der Waals surface area contributed by atoms with E-state index < -0.39 is 6.09 Å². The monoisotopic (exact) mass is 284 g/mol. The number of alkyl carbamates (subject to hydrolysis) is 1. The number of rotatable bonds is 3. The van der Waals surface area contributed by atoms with E-state index in [1.165, 1.54) is 39.9 Å². The first-order valence-corrected chi connectivity index (χ1v) is 7.30. The van der Waals surface area contributed by atoms with E-state index in [0.717, 1.165) is 13.1 Å². The van der Waals surface area contributed by atoms with Crippen LogP contribution < -0.4 is 5.32 Å². The normalized spacial score (nSPS) is 28.1. The summed E-state index contributed by atoms with van der Waals surface area (Å²) in [4.78, 5) is 25.6. The Morgan fingerprint density at radius 2 is 1.80 bits per heavy atom. The van der Waals surface area contributed by atoms with Crippen LogP contribution >= 0.6 is 0 Å². The van der Waals surface area contributed by atoms with Gasteiger partial charge in [0.2, 0.25) is 0 Å². The third kappa shape index (κ3) is 3.62. The number of methoxy groups -OCH3 is 2. The topological polar surface area (TPSA) is 67.9 Å². The Morgan fingerprint density at radius 3 is 2.40 bits per heavy atom. The molecule has 0 spiro atoms. The number of amides is 1. The molecule has 1 amide bonds. The Morgan fingerprint density at radius 1 is 1.10 bits per heavy atom. The van der Waals surface area contributed by atoms with Crippen LogP contribution in [0.1, 0.15) is 32.1 Å². The Hall–Kier alpha value is -1.30. The van der Waals surface area contributed by atoms with Crippen molar-refractivity contribution in [3.05, 3.63) is 0 Å². The quantitative estimate of drug-likeness (QED) is 0.787. The van der Waals surface area contributed by atoms with Crippen LogP contribution in [-0.2, 0) is 14.3 Å². The molecule has 0 bridgehead atoms. The molecule has 1 aliphatic heterocycles. The van der Waals surface area contributed by atoms with Crippen molar-refractivity contribution in [1.29, 1.82) is 0 Å². The summed E-state index contributed by atoms with van der Waals surface area (Å²) in [5.74, 6) is -0.360. The lowest BCUT2D eigenvalue weighted by Crippen LogP contribution is -2.54. The van der Waals surface area contributed by atoms with Crippen molar-refractivity contribution in [3.8, 4) is 0 Å². The maximum atomic E-state index is 11.8. The summed E-state index contributed by atoms with van der Waals surface area (Å²) in [5.41, 5.74) is 0. The van der Waals surface area contributed by atoms with Gasteiger partial charge in [-0.25, -0.2) is 4.79 Å². The predicted octanol–water partition coefficient (Wildman–Crippen LogP) is 1.15. The van der Waals surface area contributed by atoms with Crippen LogP contribution in [0.3, 0.4) is 0 Å². The highest BCUT2D eigenvalue weighted by Crippen LogP contribution is 2.28. The summed E-state index contributed by atoms with van der Waals surface area (Å²) >= 11 is 0. The van der Waals surface area contributed by atoms with Gasteiger partial charge in [-0.1, -0.05) is 12.8 Å². The molecule has 0 aromatic rings. The van der Waals surface area contributed by atoms with E-state index in [4.69, 9.17) is 4.74 Å². The third-order valence-electron chi connectivity index (χ3n) is 4.36. The maximum Gasteiger partial charge on any atom is 0.407 e. The summed E-state index contributed by atoms with van der Waals surface area (Å²) in [6, 6.07) is 0.477. The number of piperidine rings is 1. The zero-order chi connectivity index (χ0) is 14.5. The fraction of sp³-hybridized carbons (Fsp3) is 0.857. The average molecular weight is 284 g/mol. The number of hydrogen-bond acceptors (Lipinski definition) is 5. The minimum atomic E-state index is -0.438. The third-order valence-corrected chi connectivity index (χ3v) is 4.36. The van der Waals surface area contributed by atoms with Gasteiger partial charge in [0.25, 0.3) is 0 Å². The molecule has 0 aromatic heterocycles. The molecule has 114 valence electrons. The lowest BCUT2D eigenvalue weighted by Gasteiger charge is -2.39. The zero-order valence-corrected chi connectivity index (χ0v) is 12.3. The number of ether oxygens (including phenoxy) is 2. The number of esters is 1. The molecule has 2 atom stereocenters. The van der Waals surface area contributed by atoms with Gasteiger partial charge in [-0.3, -0.25) is 9.69 Å². The second-order valence-electron chi connectivity index (χ2n) is 5.68. The van der Waals surface area contributed by atoms with Gasteiger partial charge in [-0.15, -0.1) is 0 Å². The first-order chi connectivity index (χ1) is 9.63. The number of nitrogens with zero attached hydrogens (tertiary/aromatic N) is 1. The smallest absolute Gasteiger partial charge is 0.407 e. The highest BCUT2D eigenvalue weighted by molar-refractivity contribution is 5.73. The molecular formula is C14H24N2O4. The molecule has 2 unspecified atom stereocenters. The van der Waals surface area contributed by atoms with Crippen molar-refractivity contribution >= 4 is 12.1 Å². The van der Waals surface area contributed by atoms with Gasteiger partial charge in [0.15, 0.2) is 0 Å². The molecule has 1 N–H and O–H groups in total. The summed E-state index contributed by atoms with van der Waals surface area (Å²) in [7, 11) is 2.77. The van der Waals surface area contributed by atoms with Crippen LogP contribution in [0.2, 0.25) is 0 Å². The van der Waals surface area contributed by atoms with E-state index in [-0.39, 0.29) is 17.9 Å². The van der Waals surface area contributed by atoms with E-state index in [0.29, 0.717) is 12.5 Å². The Kier molecular flexibility index (Phi) is 5.23. The van der Waals surface area contributed by atoms with Gasteiger partial charge < -0.3 is 14.8 Å². The molecule has 6 heteroatoms. The molecular weight excluding hydrogens is 260 g/mol. The van der Waals surface area contributed by atoms with Gasteiger partial charge in [-0.2, -0.15) is 0 Å². The first kappa shape index (κ1) is 15.1. The maximum absolute atomic E-state index is 11.8. The average Bonchev–Trinajstić information content (AvgIpc) is 3.00. The van der Waals surface area contributed by atoms with E-state index >= 15 is 0 Å². The summed E-state index contributed by atoms with van der Waals surface area (Å²) in [5, 5.41) is 2.82. The van der Waals surface area contributed by atoms with Crippen LogP contribution in [0.4, 0.5) is 4.79 Å². The second-order valence-corrected chi connectivity index (χ2v) is 5.68. The number of hydrogen-bond donors (Lipinski definition) is 1. The molecule has 2 aliphatic rings. The molecule has 1 aliphatic carbocycles. The van der Waals surface area contributed by atoms with Crippen LogP contribution in [0.15, 0.2) is 0 Å². The van der Waals surface area contributed by atoms with Crippen molar-refractivity contribution in [1.82, 2.24) is 10.2 Å². The van der Waals surface area contributed by atoms with Crippen molar-refractivity contribution in [2.24, 2.45) is 5.92 Å². The number of nitrogens with one attached hydrogen (secondary N) is 1. The molecule has 0 radical (unpaired) electrons. The highest BCUT2D eigenvalue weighted by atomic mass is 16.5. The summed E-state index contributed by atoms with van der Waals surface area (Å²) < 4.78 is 9.52.